The molecule has 0 radical (unpaired) electrons. The number of amides is 1. The molecule has 136 valence electrons. The van der Waals surface area contributed by atoms with Crippen molar-refractivity contribution in [1.29, 1.82) is 0 Å². The summed E-state index contributed by atoms with van der Waals surface area (Å²) in [5.74, 6) is 0.508. The molecule has 7 nitrogen and oxygen atoms in total. The lowest BCUT2D eigenvalue weighted by molar-refractivity contribution is 0.0944. The van der Waals surface area contributed by atoms with Crippen molar-refractivity contribution in [2.75, 3.05) is 0 Å². The number of carbonyl (C=O) groups is 1. The van der Waals surface area contributed by atoms with Crippen LogP contribution in [0, 0.1) is 6.92 Å². The fourth-order valence-electron chi connectivity index (χ4n) is 2.39. The Morgan fingerprint density at radius 3 is 2.65 bits per heavy atom. The van der Waals surface area contributed by atoms with Crippen LogP contribution in [0.4, 0.5) is 0 Å². The van der Waals surface area contributed by atoms with Gasteiger partial charge >= 0.3 is 0 Å². The quantitative estimate of drug-likeness (QED) is 0.640. The summed E-state index contributed by atoms with van der Waals surface area (Å²) < 4.78 is 10.1. The van der Waals surface area contributed by atoms with Crippen molar-refractivity contribution in [3.8, 4) is 5.75 Å². The molecule has 0 aliphatic rings. The minimum atomic E-state index is -0.226. The lowest BCUT2D eigenvalue weighted by Gasteiger charge is -2.06. The summed E-state index contributed by atoms with van der Waals surface area (Å²) in [5, 5.41) is 11.5. The highest BCUT2D eigenvalue weighted by Gasteiger charge is 2.11. The first-order chi connectivity index (χ1) is 12.5. The van der Waals surface area contributed by atoms with Crippen molar-refractivity contribution >= 4 is 21.8 Å². The predicted molar refractivity (Wildman–Crippen MR) is 101 cm³/mol. The molecule has 1 N–H and O–H groups in total. The van der Waals surface area contributed by atoms with Crippen LogP contribution in [0.5, 0.6) is 5.75 Å². The Labute approximate surface area is 160 Å². The summed E-state index contributed by atoms with van der Waals surface area (Å²) in [7, 11) is 0. The third-order valence-electron chi connectivity index (χ3n) is 3.86. The van der Waals surface area contributed by atoms with Gasteiger partial charge in [0.1, 0.15) is 11.4 Å². The number of nitrogens with zero attached hydrogens (tertiary/aromatic N) is 4. The van der Waals surface area contributed by atoms with E-state index in [0.29, 0.717) is 12.2 Å². The van der Waals surface area contributed by atoms with Crippen LogP contribution in [-0.4, -0.2) is 25.5 Å². The molecule has 0 atom stereocenters. The summed E-state index contributed by atoms with van der Waals surface area (Å²) >= 11 is 3.38. The Kier molecular flexibility index (Phi) is 5.72. The molecule has 3 rings (SSSR count). The Morgan fingerprint density at radius 2 is 1.96 bits per heavy atom. The third-order valence-corrected chi connectivity index (χ3v) is 4.39. The van der Waals surface area contributed by atoms with E-state index in [1.54, 1.807) is 16.9 Å². The summed E-state index contributed by atoms with van der Waals surface area (Å²) in [4.78, 5) is 12.3. The molecule has 0 unspecified atom stereocenters. The van der Waals surface area contributed by atoms with Gasteiger partial charge in [-0.15, -0.1) is 0 Å². The lowest BCUT2D eigenvalue weighted by atomic mass is 10.2. The molecule has 3 aromatic rings. The Bertz CT molecular complexity index is 885. The van der Waals surface area contributed by atoms with Gasteiger partial charge in [0, 0.05) is 35.5 Å². The van der Waals surface area contributed by atoms with Gasteiger partial charge in [0.05, 0.1) is 5.69 Å². The fourth-order valence-corrected chi connectivity index (χ4v) is 2.65. The van der Waals surface area contributed by atoms with Gasteiger partial charge in [-0.05, 0) is 44.2 Å². The highest BCUT2D eigenvalue weighted by molar-refractivity contribution is 9.10. The van der Waals surface area contributed by atoms with Crippen LogP contribution >= 0.6 is 15.9 Å². The number of rotatable bonds is 7. The Hall–Kier alpha value is -2.61. The van der Waals surface area contributed by atoms with Crippen LogP contribution in [-0.2, 0) is 19.8 Å². The average molecular weight is 418 g/mol. The summed E-state index contributed by atoms with van der Waals surface area (Å²) in [6, 6.07) is 9.20. The van der Waals surface area contributed by atoms with Crippen LogP contribution in [0.2, 0.25) is 0 Å². The van der Waals surface area contributed by atoms with Crippen LogP contribution in [0.25, 0.3) is 0 Å². The number of hydrogen-bond acceptors (Lipinski definition) is 4. The number of nitrogens with one attached hydrogen (secondary N) is 1. The average Bonchev–Trinajstić information content (AvgIpc) is 3.26. The maximum Gasteiger partial charge on any atom is 0.272 e. The zero-order valence-corrected chi connectivity index (χ0v) is 16.2. The number of halogens is 1. The molecule has 0 aliphatic carbocycles. The van der Waals surface area contributed by atoms with Gasteiger partial charge in [-0.25, -0.2) is 4.68 Å². The molecule has 0 saturated heterocycles. The van der Waals surface area contributed by atoms with Gasteiger partial charge < -0.3 is 10.1 Å². The van der Waals surface area contributed by atoms with E-state index in [-0.39, 0.29) is 12.6 Å². The molecule has 0 saturated carbocycles. The van der Waals surface area contributed by atoms with Gasteiger partial charge in [-0.2, -0.15) is 10.2 Å². The van der Waals surface area contributed by atoms with Crippen molar-refractivity contribution in [2.24, 2.45) is 0 Å². The largest absolute Gasteiger partial charge is 0.471 e. The van der Waals surface area contributed by atoms with Gasteiger partial charge in [0.2, 0.25) is 0 Å². The second kappa shape index (κ2) is 8.18. The molecule has 0 spiro atoms. The normalized spacial score (nSPS) is 10.7. The first kappa shape index (κ1) is 18.2. The molecule has 2 heterocycles. The van der Waals surface area contributed by atoms with Crippen molar-refractivity contribution < 1.29 is 9.53 Å². The highest BCUT2D eigenvalue weighted by atomic mass is 79.9. The second-order valence-electron chi connectivity index (χ2n) is 5.75. The van der Waals surface area contributed by atoms with Gasteiger partial charge in [0.25, 0.3) is 5.91 Å². The smallest absolute Gasteiger partial charge is 0.272 e. The zero-order chi connectivity index (χ0) is 18.5. The Morgan fingerprint density at radius 1 is 1.19 bits per heavy atom. The monoisotopic (exact) mass is 417 g/mol. The molecule has 1 aromatic carbocycles. The van der Waals surface area contributed by atoms with Crippen LogP contribution in [0.3, 0.4) is 0 Å². The fraction of sp³-hybridized carbons (Fsp3) is 0.278. The van der Waals surface area contributed by atoms with E-state index in [4.69, 9.17) is 4.74 Å². The van der Waals surface area contributed by atoms with E-state index in [0.717, 1.165) is 28.0 Å². The third kappa shape index (κ3) is 4.51. The molecule has 0 aliphatic heterocycles. The number of aryl methyl sites for hydroxylation is 2. The van der Waals surface area contributed by atoms with Gasteiger partial charge in [0.15, 0.2) is 6.73 Å². The number of carbonyl (C=O) groups excluding carboxylic acids is 1. The minimum Gasteiger partial charge on any atom is -0.471 e. The van der Waals surface area contributed by atoms with Crippen molar-refractivity contribution in [3.05, 3.63) is 64.1 Å². The predicted octanol–water partition coefficient (Wildman–Crippen LogP) is 3.14. The van der Waals surface area contributed by atoms with Crippen LogP contribution in [0.15, 0.2) is 47.2 Å². The molecule has 2 aromatic heterocycles. The molecular weight excluding hydrogens is 398 g/mol. The maximum atomic E-state index is 12.3. The van der Waals surface area contributed by atoms with E-state index in [2.05, 4.69) is 31.4 Å². The molecule has 26 heavy (non-hydrogen) atoms. The zero-order valence-electron chi connectivity index (χ0n) is 14.6. The molecule has 0 fully saturated rings. The first-order valence-electron chi connectivity index (χ1n) is 8.28. The second-order valence-corrected chi connectivity index (χ2v) is 6.66. The van der Waals surface area contributed by atoms with Crippen molar-refractivity contribution in [3.63, 3.8) is 0 Å². The van der Waals surface area contributed by atoms with E-state index in [9.17, 15) is 4.79 Å². The van der Waals surface area contributed by atoms with E-state index in [1.165, 1.54) is 0 Å². The lowest BCUT2D eigenvalue weighted by Crippen LogP contribution is -2.23. The summed E-state index contributed by atoms with van der Waals surface area (Å²) in [6.07, 6.45) is 3.66. The van der Waals surface area contributed by atoms with E-state index < -0.39 is 0 Å². The highest BCUT2D eigenvalue weighted by Crippen LogP contribution is 2.16. The van der Waals surface area contributed by atoms with Gasteiger partial charge in [-0.1, -0.05) is 15.9 Å². The SMILES string of the molecule is CCn1cc(CNC(=O)c2ccn(COc3ccc(Br)cc3)n2)c(C)n1. The molecule has 0 bridgehead atoms. The molecular formula is C18H20BrN5O2. The van der Waals surface area contributed by atoms with E-state index in [1.807, 2.05) is 49.0 Å². The molecule has 1 amide bonds. The Balaban J connectivity index is 1.53. The number of ether oxygens (including phenoxy) is 1. The number of aromatic nitrogens is 4. The van der Waals surface area contributed by atoms with Crippen molar-refractivity contribution in [1.82, 2.24) is 24.9 Å². The van der Waals surface area contributed by atoms with Crippen LogP contribution in [0.1, 0.15) is 28.7 Å². The maximum absolute atomic E-state index is 12.3. The standard InChI is InChI=1S/C18H20BrN5O2/c1-3-23-11-14(13(2)21-23)10-20-18(25)17-8-9-24(22-17)12-26-16-6-4-15(19)5-7-16/h4-9,11H,3,10,12H2,1-2H3,(H,20,25). The minimum absolute atomic E-state index is 0.226. The summed E-state index contributed by atoms with van der Waals surface area (Å²) in [5.41, 5.74) is 2.27. The summed E-state index contributed by atoms with van der Waals surface area (Å²) in [6.45, 7) is 5.42. The molecule has 8 heteroatoms. The first-order valence-corrected chi connectivity index (χ1v) is 9.07. The van der Waals surface area contributed by atoms with Crippen LogP contribution < -0.4 is 10.1 Å². The number of hydrogen-bond donors (Lipinski definition) is 1. The van der Waals surface area contributed by atoms with Crippen molar-refractivity contribution in [2.45, 2.75) is 33.7 Å². The number of benzene rings is 1. The van der Waals surface area contributed by atoms with Gasteiger partial charge in [-0.3, -0.25) is 9.48 Å². The topological polar surface area (TPSA) is 74.0 Å². The van der Waals surface area contributed by atoms with E-state index >= 15 is 0 Å².